The van der Waals surface area contributed by atoms with Gasteiger partial charge in [0.15, 0.2) is 0 Å². The standard InChI is InChI=1S/C12H26N2O2S/c1-4-8-13-9-6-11-17(15,16)14-10-5-7-12(14,2)3/h13H,4-11H2,1-3H3. The molecule has 1 saturated heterocycles. The molecule has 1 heterocycles. The van der Waals surface area contributed by atoms with Crippen LogP contribution in [0.3, 0.4) is 0 Å². The Morgan fingerprint density at radius 1 is 1.29 bits per heavy atom. The lowest BCUT2D eigenvalue weighted by atomic mass is 10.0. The maximum Gasteiger partial charge on any atom is 0.214 e. The van der Waals surface area contributed by atoms with Crippen molar-refractivity contribution in [2.75, 3.05) is 25.4 Å². The van der Waals surface area contributed by atoms with Gasteiger partial charge in [-0.15, -0.1) is 0 Å². The lowest BCUT2D eigenvalue weighted by Crippen LogP contribution is -2.44. The normalized spacial score (nSPS) is 20.9. The number of nitrogens with one attached hydrogen (secondary N) is 1. The van der Waals surface area contributed by atoms with Crippen LogP contribution in [0.25, 0.3) is 0 Å². The molecule has 1 aliphatic heterocycles. The second-order valence-electron chi connectivity index (χ2n) is 5.41. The lowest BCUT2D eigenvalue weighted by Gasteiger charge is -2.30. The van der Waals surface area contributed by atoms with Gasteiger partial charge in [-0.2, -0.15) is 4.31 Å². The topological polar surface area (TPSA) is 49.4 Å². The molecule has 1 rings (SSSR count). The molecule has 4 nitrogen and oxygen atoms in total. The van der Waals surface area contributed by atoms with Crippen LogP contribution in [0.5, 0.6) is 0 Å². The van der Waals surface area contributed by atoms with E-state index in [1.165, 1.54) is 0 Å². The smallest absolute Gasteiger partial charge is 0.214 e. The second kappa shape index (κ2) is 6.16. The highest BCUT2D eigenvalue weighted by Gasteiger charge is 2.39. The molecule has 0 aliphatic carbocycles. The van der Waals surface area contributed by atoms with Crippen molar-refractivity contribution in [1.82, 2.24) is 9.62 Å². The minimum Gasteiger partial charge on any atom is -0.317 e. The van der Waals surface area contributed by atoms with Crippen LogP contribution in [0.15, 0.2) is 0 Å². The largest absolute Gasteiger partial charge is 0.317 e. The first-order valence-corrected chi connectivity index (χ1v) is 8.22. The zero-order chi connectivity index (χ0) is 12.9. The summed E-state index contributed by atoms with van der Waals surface area (Å²) in [6.45, 7) is 8.60. The van der Waals surface area contributed by atoms with Crippen LogP contribution in [0.1, 0.15) is 46.5 Å². The Labute approximate surface area is 106 Å². The quantitative estimate of drug-likeness (QED) is 0.709. The Morgan fingerprint density at radius 2 is 2.00 bits per heavy atom. The van der Waals surface area contributed by atoms with Crippen molar-refractivity contribution in [2.24, 2.45) is 0 Å². The fraction of sp³-hybridized carbons (Fsp3) is 1.00. The molecule has 0 saturated carbocycles. The summed E-state index contributed by atoms with van der Waals surface area (Å²) in [6, 6.07) is 0. The highest BCUT2D eigenvalue weighted by atomic mass is 32.2. The van der Waals surface area contributed by atoms with Gasteiger partial charge in [0.1, 0.15) is 0 Å². The predicted octanol–water partition coefficient (Wildman–Crippen LogP) is 1.58. The van der Waals surface area contributed by atoms with E-state index in [0.717, 1.165) is 32.4 Å². The third-order valence-electron chi connectivity index (χ3n) is 3.34. The second-order valence-corrected chi connectivity index (χ2v) is 7.42. The first-order valence-electron chi connectivity index (χ1n) is 6.61. The van der Waals surface area contributed by atoms with Gasteiger partial charge >= 0.3 is 0 Å². The van der Waals surface area contributed by atoms with Crippen molar-refractivity contribution in [1.29, 1.82) is 0 Å². The van der Waals surface area contributed by atoms with E-state index in [4.69, 9.17) is 0 Å². The molecular formula is C12H26N2O2S. The van der Waals surface area contributed by atoms with Gasteiger partial charge in [0.25, 0.3) is 0 Å². The van der Waals surface area contributed by atoms with E-state index < -0.39 is 10.0 Å². The summed E-state index contributed by atoms with van der Waals surface area (Å²) in [5, 5.41) is 3.24. The summed E-state index contributed by atoms with van der Waals surface area (Å²) in [6.07, 6.45) is 3.75. The Morgan fingerprint density at radius 3 is 2.53 bits per heavy atom. The van der Waals surface area contributed by atoms with Gasteiger partial charge in [-0.05, 0) is 52.6 Å². The molecule has 0 bridgehead atoms. The molecule has 0 aromatic rings. The minimum atomic E-state index is -3.06. The van der Waals surface area contributed by atoms with Gasteiger partial charge in [-0.3, -0.25) is 0 Å². The third-order valence-corrected chi connectivity index (χ3v) is 5.50. The van der Waals surface area contributed by atoms with E-state index in [2.05, 4.69) is 12.2 Å². The summed E-state index contributed by atoms with van der Waals surface area (Å²) >= 11 is 0. The maximum atomic E-state index is 12.2. The zero-order valence-corrected chi connectivity index (χ0v) is 12.1. The third kappa shape index (κ3) is 4.23. The lowest BCUT2D eigenvalue weighted by molar-refractivity contribution is 0.291. The molecule has 17 heavy (non-hydrogen) atoms. The Hall–Kier alpha value is -0.130. The van der Waals surface area contributed by atoms with Crippen molar-refractivity contribution in [3.63, 3.8) is 0 Å². The zero-order valence-electron chi connectivity index (χ0n) is 11.3. The average Bonchev–Trinajstić information content (AvgIpc) is 2.58. The monoisotopic (exact) mass is 262 g/mol. The highest BCUT2D eigenvalue weighted by Crippen LogP contribution is 2.31. The van der Waals surface area contributed by atoms with Gasteiger partial charge < -0.3 is 5.32 Å². The van der Waals surface area contributed by atoms with E-state index in [-0.39, 0.29) is 11.3 Å². The molecule has 0 spiro atoms. The number of hydrogen-bond acceptors (Lipinski definition) is 3. The predicted molar refractivity (Wildman–Crippen MR) is 71.6 cm³/mol. The average molecular weight is 262 g/mol. The molecule has 1 aliphatic rings. The molecule has 0 unspecified atom stereocenters. The Balaban J connectivity index is 2.41. The van der Waals surface area contributed by atoms with E-state index >= 15 is 0 Å². The van der Waals surface area contributed by atoms with Crippen molar-refractivity contribution in [3.05, 3.63) is 0 Å². The van der Waals surface area contributed by atoms with E-state index in [1.807, 2.05) is 13.8 Å². The van der Waals surface area contributed by atoms with Gasteiger partial charge in [0, 0.05) is 12.1 Å². The Bertz CT molecular complexity index is 325. The molecule has 0 radical (unpaired) electrons. The number of sulfonamides is 1. The van der Waals surface area contributed by atoms with Gasteiger partial charge in [-0.25, -0.2) is 8.42 Å². The van der Waals surface area contributed by atoms with Crippen LogP contribution in [0.4, 0.5) is 0 Å². The molecule has 1 N–H and O–H groups in total. The summed E-state index contributed by atoms with van der Waals surface area (Å²) in [7, 11) is -3.06. The Kier molecular flexibility index (Phi) is 5.41. The van der Waals surface area contributed by atoms with Crippen molar-refractivity contribution < 1.29 is 8.42 Å². The molecule has 102 valence electrons. The maximum absolute atomic E-state index is 12.2. The molecule has 5 heteroatoms. The van der Waals surface area contributed by atoms with Crippen LogP contribution in [-0.2, 0) is 10.0 Å². The molecule has 0 aromatic heterocycles. The molecular weight excluding hydrogens is 236 g/mol. The van der Waals surface area contributed by atoms with Crippen LogP contribution in [0, 0.1) is 0 Å². The van der Waals surface area contributed by atoms with Crippen LogP contribution in [0.2, 0.25) is 0 Å². The number of nitrogens with zero attached hydrogens (tertiary/aromatic N) is 1. The highest BCUT2D eigenvalue weighted by molar-refractivity contribution is 7.89. The number of rotatable bonds is 7. The van der Waals surface area contributed by atoms with Crippen molar-refractivity contribution >= 4 is 10.0 Å². The summed E-state index contributed by atoms with van der Waals surface area (Å²) in [5.74, 6) is 0.271. The summed E-state index contributed by atoms with van der Waals surface area (Å²) in [5.41, 5.74) is -0.185. The first-order chi connectivity index (χ1) is 7.90. The van der Waals surface area contributed by atoms with E-state index in [9.17, 15) is 8.42 Å². The fourth-order valence-electron chi connectivity index (χ4n) is 2.39. The molecule has 0 aromatic carbocycles. The van der Waals surface area contributed by atoms with Crippen LogP contribution in [-0.4, -0.2) is 43.6 Å². The van der Waals surface area contributed by atoms with E-state index in [1.54, 1.807) is 4.31 Å². The fourth-order valence-corrected chi connectivity index (χ4v) is 4.37. The van der Waals surface area contributed by atoms with Crippen LogP contribution < -0.4 is 5.32 Å². The molecule has 1 fully saturated rings. The van der Waals surface area contributed by atoms with Gasteiger partial charge in [0.2, 0.25) is 10.0 Å². The van der Waals surface area contributed by atoms with Crippen molar-refractivity contribution in [3.8, 4) is 0 Å². The first kappa shape index (κ1) is 14.9. The SMILES string of the molecule is CCCNCCCS(=O)(=O)N1CCCC1(C)C. The molecule has 0 atom stereocenters. The minimum absolute atomic E-state index is 0.185. The van der Waals surface area contributed by atoms with Crippen molar-refractivity contribution in [2.45, 2.75) is 52.0 Å². The number of hydrogen-bond donors (Lipinski definition) is 1. The summed E-state index contributed by atoms with van der Waals surface area (Å²) in [4.78, 5) is 0. The van der Waals surface area contributed by atoms with Gasteiger partial charge in [0.05, 0.1) is 5.75 Å². The summed E-state index contributed by atoms with van der Waals surface area (Å²) < 4.78 is 26.1. The van der Waals surface area contributed by atoms with Gasteiger partial charge in [-0.1, -0.05) is 6.92 Å². The molecule has 0 amide bonds. The van der Waals surface area contributed by atoms with E-state index in [0.29, 0.717) is 13.0 Å². The van der Waals surface area contributed by atoms with Crippen LogP contribution >= 0.6 is 0 Å².